The molecular formula is C23H18ClF2N5O2. The number of carbonyl (C=O) groups excluding carboxylic acids is 1. The van der Waals surface area contributed by atoms with Crippen LogP contribution in [0.4, 0.5) is 25.0 Å². The van der Waals surface area contributed by atoms with Crippen LogP contribution in [0.1, 0.15) is 18.8 Å². The fraction of sp³-hybridized carbons (Fsp3) is 0.0870. The summed E-state index contributed by atoms with van der Waals surface area (Å²) in [5, 5.41) is 5.36. The van der Waals surface area contributed by atoms with Crippen molar-refractivity contribution in [1.82, 2.24) is 9.55 Å². The van der Waals surface area contributed by atoms with Crippen LogP contribution in [-0.4, -0.2) is 15.6 Å². The second-order valence-corrected chi connectivity index (χ2v) is 7.69. The van der Waals surface area contributed by atoms with E-state index in [2.05, 4.69) is 15.6 Å². The maximum atomic E-state index is 13.8. The van der Waals surface area contributed by atoms with Crippen LogP contribution < -0.4 is 21.9 Å². The molecule has 4 rings (SSSR count). The Kier molecular flexibility index (Phi) is 6.08. The SMILES string of the molecule is CC(N)c1nc2cccc(Cl)c2c(=O)n1-c1cccc(NC(=O)Nc2ccc(F)cc2F)c1. The van der Waals surface area contributed by atoms with Gasteiger partial charge in [0.15, 0.2) is 0 Å². The summed E-state index contributed by atoms with van der Waals surface area (Å²) in [6.07, 6.45) is 0. The van der Waals surface area contributed by atoms with Gasteiger partial charge in [0, 0.05) is 11.8 Å². The second-order valence-electron chi connectivity index (χ2n) is 7.29. The minimum atomic E-state index is -0.911. The summed E-state index contributed by atoms with van der Waals surface area (Å²) in [4.78, 5) is 30.2. The predicted molar refractivity (Wildman–Crippen MR) is 124 cm³/mol. The molecule has 0 fully saturated rings. The van der Waals surface area contributed by atoms with Crippen molar-refractivity contribution in [1.29, 1.82) is 0 Å². The standard InChI is InChI=1S/C23H18ClF2N5O2/c1-12(27)21-29-19-7-3-6-16(24)20(19)22(32)31(21)15-5-2-4-14(11-15)28-23(33)30-18-9-8-13(25)10-17(18)26/h2-12H,27H2,1H3,(H2,28,30,33). The number of carbonyl (C=O) groups is 1. The lowest BCUT2D eigenvalue weighted by Gasteiger charge is -2.17. The molecule has 10 heteroatoms. The summed E-state index contributed by atoms with van der Waals surface area (Å²) in [5.74, 6) is -1.36. The van der Waals surface area contributed by atoms with Gasteiger partial charge < -0.3 is 16.4 Å². The molecule has 1 aromatic heterocycles. The van der Waals surface area contributed by atoms with Crippen molar-refractivity contribution in [3.63, 3.8) is 0 Å². The molecular weight excluding hydrogens is 452 g/mol. The van der Waals surface area contributed by atoms with Crippen LogP contribution in [0, 0.1) is 11.6 Å². The van der Waals surface area contributed by atoms with E-state index in [-0.39, 0.29) is 16.1 Å². The molecule has 0 aliphatic heterocycles. The van der Waals surface area contributed by atoms with Gasteiger partial charge in [0.2, 0.25) is 0 Å². The Morgan fingerprint density at radius 2 is 1.85 bits per heavy atom. The van der Waals surface area contributed by atoms with E-state index >= 15 is 0 Å². The van der Waals surface area contributed by atoms with E-state index in [1.165, 1.54) is 10.6 Å². The van der Waals surface area contributed by atoms with Crippen LogP contribution in [-0.2, 0) is 0 Å². The molecule has 0 aliphatic carbocycles. The largest absolute Gasteiger partial charge is 0.323 e. The minimum Gasteiger partial charge on any atom is -0.322 e. The van der Waals surface area contributed by atoms with Crippen molar-refractivity contribution in [2.24, 2.45) is 5.73 Å². The van der Waals surface area contributed by atoms with Gasteiger partial charge >= 0.3 is 6.03 Å². The fourth-order valence-corrected chi connectivity index (χ4v) is 3.61. The predicted octanol–water partition coefficient (Wildman–Crippen LogP) is 4.98. The molecule has 4 N–H and O–H groups in total. The monoisotopic (exact) mass is 469 g/mol. The molecule has 0 bridgehead atoms. The van der Waals surface area contributed by atoms with Gasteiger partial charge in [-0.3, -0.25) is 9.36 Å². The summed E-state index contributed by atoms with van der Waals surface area (Å²) in [6.45, 7) is 1.70. The zero-order valence-electron chi connectivity index (χ0n) is 17.3. The van der Waals surface area contributed by atoms with E-state index in [0.717, 1.165) is 12.1 Å². The van der Waals surface area contributed by atoms with E-state index in [1.54, 1.807) is 43.3 Å². The number of nitrogens with one attached hydrogen (secondary N) is 2. The van der Waals surface area contributed by atoms with E-state index in [1.807, 2.05) is 0 Å². The molecule has 7 nitrogen and oxygen atoms in total. The van der Waals surface area contributed by atoms with E-state index in [4.69, 9.17) is 17.3 Å². The molecule has 0 spiro atoms. The summed E-state index contributed by atoms with van der Waals surface area (Å²) in [7, 11) is 0. The maximum absolute atomic E-state index is 13.8. The highest BCUT2D eigenvalue weighted by Gasteiger charge is 2.18. The van der Waals surface area contributed by atoms with Gasteiger partial charge in [0.1, 0.15) is 17.5 Å². The molecule has 0 saturated heterocycles. The third-order valence-electron chi connectivity index (χ3n) is 4.82. The Bertz CT molecular complexity index is 1440. The lowest BCUT2D eigenvalue weighted by Crippen LogP contribution is -2.28. The smallest absolute Gasteiger partial charge is 0.322 e. The first-order chi connectivity index (χ1) is 15.7. The first kappa shape index (κ1) is 22.4. The first-order valence-electron chi connectivity index (χ1n) is 9.85. The van der Waals surface area contributed by atoms with Crippen molar-refractivity contribution in [2.45, 2.75) is 13.0 Å². The molecule has 0 aliphatic rings. The number of rotatable bonds is 4. The summed E-state index contributed by atoms with van der Waals surface area (Å²) < 4.78 is 28.2. The molecule has 1 heterocycles. The number of fused-ring (bicyclic) bond motifs is 1. The Morgan fingerprint density at radius 1 is 1.09 bits per heavy atom. The Labute approximate surface area is 191 Å². The van der Waals surface area contributed by atoms with Crippen LogP contribution in [0.5, 0.6) is 0 Å². The van der Waals surface area contributed by atoms with Crippen molar-refractivity contribution in [3.8, 4) is 5.69 Å². The quantitative estimate of drug-likeness (QED) is 0.392. The van der Waals surface area contributed by atoms with Crippen LogP contribution >= 0.6 is 11.6 Å². The van der Waals surface area contributed by atoms with Gasteiger partial charge in [-0.25, -0.2) is 18.6 Å². The summed E-state index contributed by atoms with van der Waals surface area (Å²) >= 11 is 6.25. The van der Waals surface area contributed by atoms with Crippen LogP contribution in [0.25, 0.3) is 16.6 Å². The molecule has 0 saturated carbocycles. The normalized spacial score (nSPS) is 11.9. The van der Waals surface area contributed by atoms with E-state index < -0.39 is 29.3 Å². The number of hydrogen-bond donors (Lipinski definition) is 3. The number of nitrogens with two attached hydrogens (primary N) is 1. The highest BCUT2D eigenvalue weighted by atomic mass is 35.5. The average molecular weight is 470 g/mol. The fourth-order valence-electron chi connectivity index (χ4n) is 3.36. The van der Waals surface area contributed by atoms with Crippen LogP contribution in [0.15, 0.2) is 65.5 Å². The number of hydrogen-bond acceptors (Lipinski definition) is 4. The van der Waals surface area contributed by atoms with Gasteiger partial charge in [0.25, 0.3) is 5.56 Å². The van der Waals surface area contributed by atoms with Crippen molar-refractivity contribution in [2.75, 3.05) is 10.6 Å². The number of anilines is 2. The molecule has 1 atom stereocenters. The third-order valence-corrected chi connectivity index (χ3v) is 5.14. The van der Waals surface area contributed by atoms with Crippen molar-refractivity contribution < 1.29 is 13.6 Å². The second kappa shape index (κ2) is 8.97. The van der Waals surface area contributed by atoms with Crippen molar-refractivity contribution in [3.05, 3.63) is 93.5 Å². The van der Waals surface area contributed by atoms with Crippen LogP contribution in [0.3, 0.4) is 0 Å². The lowest BCUT2D eigenvalue weighted by molar-refractivity contribution is 0.262. The molecule has 2 amide bonds. The number of aromatic nitrogens is 2. The first-order valence-corrected chi connectivity index (χ1v) is 10.2. The Hall–Kier alpha value is -3.82. The van der Waals surface area contributed by atoms with E-state index in [9.17, 15) is 18.4 Å². The Balaban J connectivity index is 1.71. The van der Waals surface area contributed by atoms with Gasteiger partial charge in [-0.1, -0.05) is 23.7 Å². The topological polar surface area (TPSA) is 102 Å². The van der Waals surface area contributed by atoms with Gasteiger partial charge in [-0.2, -0.15) is 0 Å². The minimum absolute atomic E-state index is 0.186. The third kappa shape index (κ3) is 4.55. The molecule has 33 heavy (non-hydrogen) atoms. The average Bonchev–Trinajstić information content (AvgIpc) is 2.75. The number of nitrogens with zero attached hydrogens (tertiary/aromatic N) is 2. The van der Waals surface area contributed by atoms with Crippen molar-refractivity contribution >= 4 is 39.9 Å². The van der Waals surface area contributed by atoms with Gasteiger partial charge in [-0.05, 0) is 49.4 Å². The van der Waals surface area contributed by atoms with Crippen LogP contribution in [0.2, 0.25) is 5.02 Å². The number of benzene rings is 3. The zero-order chi connectivity index (χ0) is 23.7. The molecule has 1 unspecified atom stereocenters. The maximum Gasteiger partial charge on any atom is 0.323 e. The summed E-state index contributed by atoms with van der Waals surface area (Å²) in [6, 6.07) is 12.8. The number of amides is 2. The molecule has 168 valence electrons. The summed E-state index contributed by atoms with van der Waals surface area (Å²) in [5.41, 5.74) is 6.62. The van der Waals surface area contributed by atoms with E-state index in [0.29, 0.717) is 28.8 Å². The molecule has 3 aromatic carbocycles. The van der Waals surface area contributed by atoms with Gasteiger partial charge in [0.05, 0.1) is 33.3 Å². The molecule has 0 radical (unpaired) electrons. The number of halogens is 3. The number of urea groups is 1. The zero-order valence-corrected chi connectivity index (χ0v) is 18.0. The highest BCUT2D eigenvalue weighted by molar-refractivity contribution is 6.35. The van der Waals surface area contributed by atoms with Gasteiger partial charge in [-0.15, -0.1) is 0 Å². The molecule has 4 aromatic rings. The lowest BCUT2D eigenvalue weighted by atomic mass is 10.2. The Morgan fingerprint density at radius 3 is 2.58 bits per heavy atom. The highest BCUT2D eigenvalue weighted by Crippen LogP contribution is 2.23.